The van der Waals surface area contributed by atoms with Gasteiger partial charge in [0.25, 0.3) is 0 Å². The van der Waals surface area contributed by atoms with E-state index in [0.717, 1.165) is 5.56 Å². The van der Waals surface area contributed by atoms with Crippen molar-refractivity contribution in [2.24, 2.45) is 0 Å². The maximum atomic E-state index is 12.0. The van der Waals surface area contributed by atoms with Crippen LogP contribution >= 0.6 is 0 Å². The Kier molecular flexibility index (Phi) is 2.76. The molecule has 2 aliphatic rings. The summed E-state index contributed by atoms with van der Waals surface area (Å²) in [6.07, 6.45) is -3.54. The molecule has 0 bridgehead atoms. The van der Waals surface area contributed by atoms with E-state index in [1.54, 1.807) is 12.1 Å². The molecule has 5 heteroatoms. The molecule has 1 fully saturated rings. The van der Waals surface area contributed by atoms with Crippen molar-refractivity contribution in [3.8, 4) is 0 Å². The number of hydrogen-bond donors (Lipinski definition) is 3. The second kappa shape index (κ2) is 4.11. The van der Waals surface area contributed by atoms with Crippen LogP contribution in [0.1, 0.15) is 34.3 Å². The summed E-state index contributed by atoms with van der Waals surface area (Å²) in [4.78, 5) is 12.0. The number of fused-ring (bicyclic) bond motifs is 2. The van der Waals surface area contributed by atoms with Crippen molar-refractivity contribution in [3.05, 3.63) is 34.9 Å². The van der Waals surface area contributed by atoms with E-state index < -0.39 is 24.1 Å². The number of ether oxygens (including phenoxy) is 1. The molecule has 5 nitrogen and oxygen atoms in total. The zero-order chi connectivity index (χ0) is 13.8. The number of ketones is 1. The molecule has 4 atom stereocenters. The van der Waals surface area contributed by atoms with E-state index in [-0.39, 0.29) is 18.6 Å². The largest absolute Gasteiger partial charge is 0.387 e. The number of aliphatic hydroxyl groups excluding tert-OH is 3. The molecule has 3 rings (SSSR count). The summed E-state index contributed by atoms with van der Waals surface area (Å²) in [5.41, 5.74) is 0.817. The summed E-state index contributed by atoms with van der Waals surface area (Å²) in [6.45, 7) is 1.88. The first-order valence-corrected chi connectivity index (χ1v) is 6.32. The average Bonchev–Trinajstić information content (AvgIpc) is 2.60. The van der Waals surface area contributed by atoms with Gasteiger partial charge in [-0.15, -0.1) is 0 Å². The molecule has 0 saturated carbocycles. The van der Waals surface area contributed by atoms with Gasteiger partial charge in [0.15, 0.2) is 12.1 Å². The fourth-order valence-corrected chi connectivity index (χ4v) is 3.04. The molecule has 1 aromatic rings. The lowest BCUT2D eigenvalue weighted by Gasteiger charge is -2.36. The Balaban J connectivity index is 2.17. The summed E-state index contributed by atoms with van der Waals surface area (Å²) >= 11 is 0. The molecule has 19 heavy (non-hydrogen) atoms. The van der Waals surface area contributed by atoms with Gasteiger partial charge in [0, 0.05) is 12.0 Å². The summed E-state index contributed by atoms with van der Waals surface area (Å²) in [6, 6.07) is 5.31. The highest BCUT2D eigenvalue weighted by Gasteiger charge is 2.57. The van der Waals surface area contributed by atoms with E-state index in [4.69, 9.17) is 4.74 Å². The third-order valence-electron chi connectivity index (χ3n) is 4.08. The molecule has 3 N–H and O–H groups in total. The molecule has 1 aliphatic carbocycles. The van der Waals surface area contributed by atoms with Gasteiger partial charge in [-0.1, -0.05) is 17.7 Å². The highest BCUT2D eigenvalue weighted by Crippen LogP contribution is 2.47. The molecule has 1 heterocycles. The monoisotopic (exact) mass is 264 g/mol. The Labute approximate surface area is 110 Å². The van der Waals surface area contributed by atoms with Gasteiger partial charge < -0.3 is 20.1 Å². The van der Waals surface area contributed by atoms with Crippen LogP contribution in [-0.4, -0.2) is 39.6 Å². The third-order valence-corrected chi connectivity index (χ3v) is 4.08. The molecule has 1 spiro atoms. The standard InChI is InChI=1S/C14H16O5/c1-7-2-3-9-8(6-7)10(15)4-5-14(9)12(17)11(16)13(18)19-14/h2-3,6,11-13,16-18H,4-5H2,1H3. The summed E-state index contributed by atoms with van der Waals surface area (Å²) < 4.78 is 5.43. The molecule has 1 saturated heterocycles. The van der Waals surface area contributed by atoms with Crippen LogP contribution in [0, 0.1) is 6.92 Å². The summed E-state index contributed by atoms with van der Waals surface area (Å²) in [5.74, 6) is -0.00370. The van der Waals surface area contributed by atoms with Gasteiger partial charge in [0.05, 0.1) is 0 Å². The van der Waals surface area contributed by atoms with E-state index in [1.807, 2.05) is 13.0 Å². The lowest BCUT2D eigenvalue weighted by Crippen LogP contribution is -2.44. The fourth-order valence-electron chi connectivity index (χ4n) is 3.04. The molecular weight excluding hydrogens is 248 g/mol. The van der Waals surface area contributed by atoms with E-state index in [0.29, 0.717) is 11.1 Å². The predicted octanol–water partition coefficient (Wildman–Crippen LogP) is 0.237. The molecular formula is C14H16O5. The Hall–Kier alpha value is -1.27. The number of aliphatic hydroxyl groups is 3. The molecule has 0 aromatic heterocycles. The van der Waals surface area contributed by atoms with Crippen molar-refractivity contribution in [2.75, 3.05) is 0 Å². The van der Waals surface area contributed by atoms with Gasteiger partial charge in [0.2, 0.25) is 0 Å². The normalized spacial score (nSPS) is 37.7. The topological polar surface area (TPSA) is 87.0 Å². The molecule has 0 amide bonds. The summed E-state index contributed by atoms with van der Waals surface area (Å²) in [5, 5.41) is 29.5. The van der Waals surface area contributed by atoms with Crippen LogP contribution in [0.25, 0.3) is 0 Å². The number of benzene rings is 1. The van der Waals surface area contributed by atoms with Crippen LogP contribution in [0.5, 0.6) is 0 Å². The zero-order valence-electron chi connectivity index (χ0n) is 10.5. The molecule has 1 aromatic carbocycles. The third kappa shape index (κ3) is 1.66. The number of aryl methyl sites for hydroxylation is 1. The highest BCUT2D eigenvalue weighted by molar-refractivity contribution is 5.99. The Morgan fingerprint density at radius 1 is 1.32 bits per heavy atom. The number of Topliss-reactive ketones (excluding diaryl/α,β-unsaturated/α-hetero) is 1. The van der Waals surface area contributed by atoms with Gasteiger partial charge in [-0.05, 0) is 25.0 Å². The zero-order valence-corrected chi connectivity index (χ0v) is 10.5. The van der Waals surface area contributed by atoms with Gasteiger partial charge >= 0.3 is 0 Å². The average molecular weight is 264 g/mol. The number of rotatable bonds is 0. The van der Waals surface area contributed by atoms with Crippen LogP contribution < -0.4 is 0 Å². The number of carbonyl (C=O) groups excluding carboxylic acids is 1. The van der Waals surface area contributed by atoms with Gasteiger partial charge in [-0.3, -0.25) is 4.79 Å². The summed E-state index contributed by atoms with van der Waals surface area (Å²) in [7, 11) is 0. The van der Waals surface area contributed by atoms with E-state index in [2.05, 4.69) is 0 Å². The van der Waals surface area contributed by atoms with Crippen molar-refractivity contribution < 1.29 is 24.9 Å². The molecule has 0 radical (unpaired) electrons. The van der Waals surface area contributed by atoms with Crippen LogP contribution in [0.2, 0.25) is 0 Å². The predicted molar refractivity (Wildman–Crippen MR) is 65.5 cm³/mol. The Bertz CT molecular complexity index is 541. The van der Waals surface area contributed by atoms with Crippen molar-refractivity contribution in [1.29, 1.82) is 0 Å². The van der Waals surface area contributed by atoms with E-state index >= 15 is 0 Å². The van der Waals surface area contributed by atoms with Gasteiger partial charge in [-0.2, -0.15) is 0 Å². The first kappa shape index (κ1) is 12.7. The van der Waals surface area contributed by atoms with E-state index in [9.17, 15) is 20.1 Å². The van der Waals surface area contributed by atoms with Crippen LogP contribution in [0.15, 0.2) is 18.2 Å². The maximum Gasteiger partial charge on any atom is 0.184 e. The maximum absolute atomic E-state index is 12.0. The molecule has 102 valence electrons. The Morgan fingerprint density at radius 3 is 2.68 bits per heavy atom. The second-order valence-corrected chi connectivity index (χ2v) is 5.31. The van der Waals surface area contributed by atoms with Crippen molar-refractivity contribution in [2.45, 2.75) is 43.9 Å². The van der Waals surface area contributed by atoms with E-state index in [1.165, 1.54) is 0 Å². The minimum absolute atomic E-state index is 0.00370. The van der Waals surface area contributed by atoms with Crippen molar-refractivity contribution >= 4 is 5.78 Å². The van der Waals surface area contributed by atoms with Gasteiger partial charge in [0.1, 0.15) is 17.8 Å². The van der Waals surface area contributed by atoms with Crippen LogP contribution in [0.4, 0.5) is 0 Å². The molecule has 4 unspecified atom stereocenters. The minimum atomic E-state index is -1.43. The highest BCUT2D eigenvalue weighted by atomic mass is 16.7. The van der Waals surface area contributed by atoms with Crippen molar-refractivity contribution in [3.63, 3.8) is 0 Å². The number of hydrogen-bond acceptors (Lipinski definition) is 5. The quantitative estimate of drug-likeness (QED) is 0.624. The van der Waals surface area contributed by atoms with Crippen LogP contribution in [0.3, 0.4) is 0 Å². The Morgan fingerprint density at radius 2 is 2.05 bits per heavy atom. The smallest absolute Gasteiger partial charge is 0.184 e. The lowest BCUT2D eigenvalue weighted by molar-refractivity contribution is -0.169. The first-order chi connectivity index (χ1) is 8.95. The SMILES string of the molecule is Cc1ccc2c(c1)C(=O)CCC21OC(O)C(O)C1O. The second-order valence-electron chi connectivity index (χ2n) is 5.31. The minimum Gasteiger partial charge on any atom is -0.387 e. The number of carbonyl (C=O) groups is 1. The fraction of sp³-hybridized carbons (Fsp3) is 0.500. The van der Waals surface area contributed by atoms with Gasteiger partial charge in [-0.25, -0.2) is 0 Å². The first-order valence-electron chi connectivity index (χ1n) is 6.32. The van der Waals surface area contributed by atoms with Crippen molar-refractivity contribution in [1.82, 2.24) is 0 Å². The van der Waals surface area contributed by atoms with Crippen LogP contribution in [-0.2, 0) is 10.3 Å². The molecule has 1 aliphatic heterocycles. The lowest BCUT2D eigenvalue weighted by atomic mass is 9.75.